The van der Waals surface area contributed by atoms with E-state index in [1.54, 1.807) is 6.20 Å². The van der Waals surface area contributed by atoms with Crippen LogP contribution in [-0.2, 0) is 13.2 Å². The summed E-state index contributed by atoms with van der Waals surface area (Å²) in [6.07, 6.45) is 1.76. The summed E-state index contributed by atoms with van der Waals surface area (Å²) in [5, 5.41) is 9.17. The fraction of sp³-hybridized carbons (Fsp3) is 0.700. The Morgan fingerprint density at radius 3 is 2.60 bits per heavy atom. The number of aliphatic hydroxyl groups excluding tert-OH is 1. The lowest BCUT2D eigenvalue weighted by molar-refractivity contribution is 0.163. The second-order valence-electron chi connectivity index (χ2n) is 4.54. The van der Waals surface area contributed by atoms with Gasteiger partial charge in [-0.3, -0.25) is 0 Å². The molecule has 0 radical (unpaired) electrons. The van der Waals surface area contributed by atoms with E-state index in [-0.39, 0.29) is 12.1 Å². The van der Waals surface area contributed by atoms with Crippen molar-refractivity contribution in [1.29, 1.82) is 0 Å². The summed E-state index contributed by atoms with van der Waals surface area (Å²) in [5.41, 5.74) is 0.833. The van der Waals surface area contributed by atoms with Gasteiger partial charge in [0.1, 0.15) is 0 Å². The minimum Gasteiger partial charge on any atom is -0.390 e. The molecule has 86 valence electrons. The number of nitrogens with one attached hydrogen (secondary N) is 1. The molecule has 1 aromatic rings. The SMILES string of the molecule is CN(C)C(C)(C)Cn1c(CO)c[nH]c1=S. The summed E-state index contributed by atoms with van der Waals surface area (Å²) in [6.45, 7) is 5.06. The number of nitrogens with zero attached hydrogens (tertiary/aromatic N) is 2. The highest BCUT2D eigenvalue weighted by atomic mass is 32.1. The minimum absolute atomic E-state index is 0.00431. The third-order valence-electron chi connectivity index (χ3n) is 2.87. The molecule has 0 bridgehead atoms. The number of aromatic nitrogens is 2. The van der Waals surface area contributed by atoms with Crippen LogP contribution >= 0.6 is 12.2 Å². The van der Waals surface area contributed by atoms with Gasteiger partial charge in [-0.05, 0) is 40.2 Å². The molecule has 0 saturated carbocycles. The first kappa shape index (κ1) is 12.4. The van der Waals surface area contributed by atoms with Crippen LogP contribution in [0.4, 0.5) is 0 Å². The van der Waals surface area contributed by atoms with Crippen LogP contribution < -0.4 is 0 Å². The highest BCUT2D eigenvalue weighted by Gasteiger charge is 2.22. The van der Waals surface area contributed by atoms with Gasteiger partial charge in [0.25, 0.3) is 0 Å². The highest BCUT2D eigenvalue weighted by molar-refractivity contribution is 7.71. The largest absolute Gasteiger partial charge is 0.390 e. The van der Waals surface area contributed by atoms with Gasteiger partial charge in [-0.15, -0.1) is 0 Å². The topological polar surface area (TPSA) is 44.2 Å². The number of hydrogen-bond acceptors (Lipinski definition) is 3. The van der Waals surface area contributed by atoms with E-state index < -0.39 is 0 Å². The molecule has 5 heteroatoms. The zero-order valence-corrected chi connectivity index (χ0v) is 10.6. The average Bonchev–Trinajstić information content (AvgIpc) is 2.47. The molecule has 1 heterocycles. The molecule has 0 fully saturated rings. The second kappa shape index (κ2) is 4.47. The van der Waals surface area contributed by atoms with Gasteiger partial charge in [-0.25, -0.2) is 0 Å². The van der Waals surface area contributed by atoms with Crippen molar-refractivity contribution in [3.8, 4) is 0 Å². The van der Waals surface area contributed by atoms with Crippen molar-refractivity contribution in [2.24, 2.45) is 0 Å². The molecule has 0 aliphatic heterocycles. The summed E-state index contributed by atoms with van der Waals surface area (Å²) in [7, 11) is 4.07. The third-order valence-corrected chi connectivity index (χ3v) is 3.21. The summed E-state index contributed by atoms with van der Waals surface area (Å²) < 4.78 is 2.60. The van der Waals surface area contributed by atoms with Crippen LogP contribution in [0.15, 0.2) is 6.20 Å². The third kappa shape index (κ3) is 2.68. The Balaban J connectivity index is 2.98. The smallest absolute Gasteiger partial charge is 0.177 e. The molecular formula is C10H19N3OS. The van der Waals surface area contributed by atoms with Crippen LogP contribution in [-0.4, -0.2) is 39.2 Å². The summed E-state index contributed by atoms with van der Waals surface area (Å²) in [6, 6.07) is 0. The normalized spacial score (nSPS) is 12.4. The molecule has 0 spiro atoms. The van der Waals surface area contributed by atoms with E-state index in [0.29, 0.717) is 4.77 Å². The number of imidazole rings is 1. The van der Waals surface area contributed by atoms with Gasteiger partial charge in [0.2, 0.25) is 0 Å². The lowest BCUT2D eigenvalue weighted by atomic mass is 10.0. The highest BCUT2D eigenvalue weighted by Crippen LogP contribution is 2.15. The van der Waals surface area contributed by atoms with Crippen LogP contribution in [0.25, 0.3) is 0 Å². The maximum absolute atomic E-state index is 9.17. The Morgan fingerprint density at radius 2 is 2.13 bits per heavy atom. The number of aromatic amines is 1. The van der Waals surface area contributed by atoms with Gasteiger partial charge < -0.3 is 19.6 Å². The monoisotopic (exact) mass is 229 g/mol. The van der Waals surface area contributed by atoms with Crippen molar-refractivity contribution in [2.75, 3.05) is 14.1 Å². The molecule has 0 amide bonds. The van der Waals surface area contributed by atoms with Crippen molar-refractivity contribution < 1.29 is 5.11 Å². The lowest BCUT2D eigenvalue weighted by Gasteiger charge is -2.33. The number of H-pyrrole nitrogens is 1. The van der Waals surface area contributed by atoms with E-state index in [0.717, 1.165) is 12.2 Å². The lowest BCUT2D eigenvalue weighted by Crippen LogP contribution is -2.42. The Labute approximate surface area is 95.5 Å². The van der Waals surface area contributed by atoms with E-state index in [4.69, 9.17) is 17.3 Å². The molecule has 1 rings (SSSR count). The molecule has 0 atom stereocenters. The van der Waals surface area contributed by atoms with Crippen LogP contribution in [0.5, 0.6) is 0 Å². The first-order valence-electron chi connectivity index (χ1n) is 4.94. The molecule has 4 nitrogen and oxygen atoms in total. The number of rotatable bonds is 4. The molecule has 0 saturated heterocycles. The fourth-order valence-electron chi connectivity index (χ4n) is 1.26. The molecule has 1 aromatic heterocycles. The number of aliphatic hydroxyl groups is 1. The molecule has 0 aromatic carbocycles. The van der Waals surface area contributed by atoms with Crippen molar-refractivity contribution in [3.63, 3.8) is 0 Å². The molecule has 2 N–H and O–H groups in total. The van der Waals surface area contributed by atoms with E-state index >= 15 is 0 Å². The molecule has 15 heavy (non-hydrogen) atoms. The predicted molar refractivity (Wildman–Crippen MR) is 63.3 cm³/mol. The van der Waals surface area contributed by atoms with Crippen molar-refractivity contribution in [3.05, 3.63) is 16.7 Å². The van der Waals surface area contributed by atoms with E-state index in [1.165, 1.54) is 0 Å². The van der Waals surface area contributed by atoms with E-state index in [1.807, 2.05) is 18.7 Å². The fourth-order valence-corrected chi connectivity index (χ4v) is 1.50. The Morgan fingerprint density at radius 1 is 1.53 bits per heavy atom. The first-order valence-corrected chi connectivity index (χ1v) is 5.34. The molecule has 0 aliphatic rings. The first-order chi connectivity index (χ1) is 6.88. The maximum Gasteiger partial charge on any atom is 0.177 e. The van der Waals surface area contributed by atoms with Crippen molar-refractivity contribution in [2.45, 2.75) is 32.5 Å². The average molecular weight is 229 g/mol. The van der Waals surface area contributed by atoms with E-state index in [2.05, 4.69) is 23.7 Å². The van der Waals surface area contributed by atoms with Crippen LogP contribution in [0, 0.1) is 4.77 Å². The van der Waals surface area contributed by atoms with Crippen molar-refractivity contribution >= 4 is 12.2 Å². The quantitative estimate of drug-likeness (QED) is 0.767. The van der Waals surface area contributed by atoms with Gasteiger partial charge in [-0.2, -0.15) is 0 Å². The summed E-state index contributed by atoms with van der Waals surface area (Å²) in [5.74, 6) is 0. The Bertz CT molecular complexity index is 378. The summed E-state index contributed by atoms with van der Waals surface area (Å²) >= 11 is 5.17. The number of hydrogen-bond donors (Lipinski definition) is 2. The second-order valence-corrected chi connectivity index (χ2v) is 4.92. The van der Waals surface area contributed by atoms with Gasteiger partial charge in [0.15, 0.2) is 4.77 Å². The van der Waals surface area contributed by atoms with E-state index in [9.17, 15) is 0 Å². The van der Waals surface area contributed by atoms with Gasteiger partial charge in [0, 0.05) is 18.3 Å². The van der Waals surface area contributed by atoms with Gasteiger partial charge in [-0.1, -0.05) is 0 Å². The standard InChI is InChI=1S/C10H19N3OS/c1-10(2,12(3)4)7-13-8(6-14)5-11-9(13)15/h5,14H,6-7H2,1-4H3,(H,11,15). The van der Waals surface area contributed by atoms with Gasteiger partial charge in [0.05, 0.1) is 12.3 Å². The van der Waals surface area contributed by atoms with Crippen molar-refractivity contribution in [1.82, 2.24) is 14.5 Å². The predicted octanol–water partition coefficient (Wildman–Crippen LogP) is 1.38. The summed E-state index contributed by atoms with van der Waals surface area (Å²) in [4.78, 5) is 5.09. The Kier molecular flexibility index (Phi) is 3.70. The van der Waals surface area contributed by atoms with Crippen LogP contribution in [0.3, 0.4) is 0 Å². The minimum atomic E-state index is 0.00431. The molecule has 0 aliphatic carbocycles. The molecule has 0 unspecified atom stereocenters. The van der Waals surface area contributed by atoms with Gasteiger partial charge >= 0.3 is 0 Å². The zero-order chi connectivity index (χ0) is 11.6. The van der Waals surface area contributed by atoms with Crippen LogP contribution in [0.1, 0.15) is 19.5 Å². The number of likely N-dealkylation sites (N-methyl/N-ethyl adjacent to an activating group) is 1. The molecular weight excluding hydrogens is 210 g/mol. The van der Waals surface area contributed by atoms with Crippen LogP contribution in [0.2, 0.25) is 0 Å². The Hall–Kier alpha value is -0.650. The zero-order valence-electron chi connectivity index (χ0n) is 9.74. The maximum atomic E-state index is 9.17.